The zero-order valence-electron chi connectivity index (χ0n) is 14.8. The van der Waals surface area contributed by atoms with Crippen LogP contribution in [-0.4, -0.2) is 30.9 Å². The summed E-state index contributed by atoms with van der Waals surface area (Å²) >= 11 is 0. The Balaban J connectivity index is 1.63. The molecule has 1 aliphatic heterocycles. The Kier molecular flexibility index (Phi) is 5.40. The zero-order valence-corrected chi connectivity index (χ0v) is 14.8. The number of anilines is 2. The van der Waals surface area contributed by atoms with Gasteiger partial charge >= 0.3 is 0 Å². The number of nitrogens with zero attached hydrogens (tertiary/aromatic N) is 1. The average Bonchev–Trinajstić information content (AvgIpc) is 3.05. The number of aromatic carboxylic acids is 1. The van der Waals surface area contributed by atoms with E-state index in [0.717, 1.165) is 11.4 Å². The van der Waals surface area contributed by atoms with E-state index < -0.39 is 11.9 Å². The highest BCUT2D eigenvalue weighted by Gasteiger charge is 2.35. The van der Waals surface area contributed by atoms with Gasteiger partial charge in [0.05, 0.1) is 18.5 Å². The van der Waals surface area contributed by atoms with Crippen molar-refractivity contribution < 1.29 is 24.2 Å². The molecule has 2 aromatic rings. The summed E-state index contributed by atoms with van der Waals surface area (Å²) in [5.41, 5.74) is 1.22. The minimum absolute atomic E-state index is 0.0331. The molecule has 1 heterocycles. The third kappa shape index (κ3) is 4.25. The van der Waals surface area contributed by atoms with Crippen molar-refractivity contribution in [2.45, 2.75) is 13.3 Å². The van der Waals surface area contributed by atoms with Gasteiger partial charge < -0.3 is 24.9 Å². The second kappa shape index (κ2) is 7.90. The van der Waals surface area contributed by atoms with Crippen molar-refractivity contribution in [1.29, 1.82) is 0 Å². The Labute approximate surface area is 156 Å². The largest absolute Gasteiger partial charge is 0.545 e. The monoisotopic (exact) mass is 367 g/mol. The predicted octanol–water partition coefficient (Wildman–Crippen LogP) is 1.44. The molecule has 27 heavy (non-hydrogen) atoms. The summed E-state index contributed by atoms with van der Waals surface area (Å²) in [6.07, 6.45) is 0.121. The van der Waals surface area contributed by atoms with Crippen molar-refractivity contribution in [2.75, 3.05) is 23.4 Å². The molecule has 7 nitrogen and oxygen atoms in total. The molecule has 1 fully saturated rings. The smallest absolute Gasteiger partial charge is 0.229 e. The van der Waals surface area contributed by atoms with E-state index in [1.165, 1.54) is 24.3 Å². The number of carbonyl (C=O) groups is 3. The van der Waals surface area contributed by atoms with E-state index in [9.17, 15) is 19.5 Å². The molecule has 1 saturated heterocycles. The molecule has 2 amide bonds. The molecule has 0 saturated carbocycles. The van der Waals surface area contributed by atoms with Crippen LogP contribution in [0.1, 0.15) is 23.7 Å². The first kappa shape index (κ1) is 18.4. The van der Waals surface area contributed by atoms with Crippen LogP contribution in [0.25, 0.3) is 0 Å². The standard InChI is InChI=1S/C20H20N2O5/c1-2-27-17-9-7-16(8-10-17)22-12-14(11-18(22)23)19(24)21-15-5-3-13(4-6-15)20(25)26/h3-10,14H,2,11-12H2,1H3,(H,21,24)(H,25,26)/p-1/t14-/m1/s1. The van der Waals surface area contributed by atoms with E-state index in [0.29, 0.717) is 12.3 Å². The van der Waals surface area contributed by atoms with E-state index in [1.807, 2.05) is 6.92 Å². The molecule has 1 atom stereocenters. The molecule has 0 aliphatic carbocycles. The first-order valence-electron chi connectivity index (χ1n) is 8.63. The van der Waals surface area contributed by atoms with Crippen LogP contribution in [0, 0.1) is 5.92 Å². The molecule has 0 bridgehead atoms. The summed E-state index contributed by atoms with van der Waals surface area (Å²) in [5.74, 6) is -1.43. The van der Waals surface area contributed by atoms with Crippen LogP contribution in [0.4, 0.5) is 11.4 Å². The van der Waals surface area contributed by atoms with Crippen LogP contribution in [0.3, 0.4) is 0 Å². The normalized spacial score (nSPS) is 16.3. The molecule has 140 valence electrons. The Morgan fingerprint density at radius 3 is 2.41 bits per heavy atom. The number of carboxylic acids is 1. The highest BCUT2D eigenvalue weighted by Crippen LogP contribution is 2.27. The molecule has 0 spiro atoms. The molecule has 1 N–H and O–H groups in total. The molecule has 7 heteroatoms. The van der Waals surface area contributed by atoms with Gasteiger partial charge in [-0.15, -0.1) is 0 Å². The van der Waals surface area contributed by atoms with Gasteiger partial charge in [-0.2, -0.15) is 0 Å². The number of nitrogens with one attached hydrogen (secondary N) is 1. The van der Waals surface area contributed by atoms with Crippen molar-refractivity contribution in [2.24, 2.45) is 5.92 Å². The Morgan fingerprint density at radius 2 is 1.81 bits per heavy atom. The number of carboxylic acid groups (broad SMARTS) is 1. The van der Waals surface area contributed by atoms with Gasteiger partial charge in [-0.1, -0.05) is 12.1 Å². The van der Waals surface area contributed by atoms with Gasteiger partial charge in [0.15, 0.2) is 0 Å². The third-order valence-corrected chi connectivity index (χ3v) is 4.34. The number of carbonyl (C=O) groups excluding carboxylic acids is 3. The number of hydrogen-bond donors (Lipinski definition) is 1. The van der Waals surface area contributed by atoms with Crippen molar-refractivity contribution in [1.82, 2.24) is 0 Å². The predicted molar refractivity (Wildman–Crippen MR) is 97.5 cm³/mol. The molecule has 3 rings (SSSR count). The van der Waals surface area contributed by atoms with E-state index in [1.54, 1.807) is 29.2 Å². The molecular weight excluding hydrogens is 348 g/mol. The average molecular weight is 367 g/mol. The van der Waals surface area contributed by atoms with Crippen LogP contribution in [0.5, 0.6) is 5.75 Å². The van der Waals surface area contributed by atoms with Crippen LogP contribution < -0.4 is 20.1 Å². The lowest BCUT2D eigenvalue weighted by atomic mass is 10.1. The van der Waals surface area contributed by atoms with Crippen LogP contribution in [0.2, 0.25) is 0 Å². The van der Waals surface area contributed by atoms with Crippen molar-refractivity contribution in [3.63, 3.8) is 0 Å². The first-order chi connectivity index (χ1) is 13.0. The maximum atomic E-state index is 12.5. The summed E-state index contributed by atoms with van der Waals surface area (Å²) in [6, 6.07) is 12.9. The maximum Gasteiger partial charge on any atom is 0.229 e. The van der Waals surface area contributed by atoms with Gasteiger partial charge in [-0.3, -0.25) is 9.59 Å². The third-order valence-electron chi connectivity index (χ3n) is 4.34. The fraction of sp³-hybridized carbons (Fsp3) is 0.250. The number of rotatable bonds is 6. The van der Waals surface area contributed by atoms with Crippen molar-refractivity contribution in [3.05, 3.63) is 54.1 Å². The summed E-state index contributed by atoms with van der Waals surface area (Å²) in [7, 11) is 0. The molecule has 0 radical (unpaired) electrons. The minimum Gasteiger partial charge on any atom is -0.545 e. The van der Waals surface area contributed by atoms with E-state index in [4.69, 9.17) is 4.74 Å². The second-order valence-electron chi connectivity index (χ2n) is 6.19. The SMILES string of the molecule is CCOc1ccc(N2C[C@H](C(=O)Nc3ccc(C(=O)[O-])cc3)CC2=O)cc1. The first-order valence-corrected chi connectivity index (χ1v) is 8.63. The second-order valence-corrected chi connectivity index (χ2v) is 6.19. The van der Waals surface area contributed by atoms with Gasteiger partial charge in [-0.05, 0) is 48.9 Å². The van der Waals surface area contributed by atoms with Gasteiger partial charge in [-0.25, -0.2) is 0 Å². The summed E-state index contributed by atoms with van der Waals surface area (Å²) in [5, 5.41) is 13.5. The van der Waals surface area contributed by atoms with Crippen molar-refractivity contribution in [3.8, 4) is 5.75 Å². The maximum absolute atomic E-state index is 12.5. The van der Waals surface area contributed by atoms with Gasteiger partial charge in [0.2, 0.25) is 11.8 Å². The van der Waals surface area contributed by atoms with Crippen molar-refractivity contribution >= 4 is 29.2 Å². The summed E-state index contributed by atoms with van der Waals surface area (Å²) in [6.45, 7) is 2.75. The lowest BCUT2D eigenvalue weighted by Gasteiger charge is -2.17. The lowest BCUT2D eigenvalue weighted by molar-refractivity contribution is -0.255. The highest BCUT2D eigenvalue weighted by molar-refractivity contribution is 6.03. The Morgan fingerprint density at radius 1 is 1.15 bits per heavy atom. The topological polar surface area (TPSA) is 98.8 Å². The van der Waals surface area contributed by atoms with Gasteiger partial charge in [0.1, 0.15) is 5.75 Å². The molecule has 1 aliphatic rings. The highest BCUT2D eigenvalue weighted by atomic mass is 16.5. The zero-order chi connectivity index (χ0) is 19.4. The number of hydrogen-bond acceptors (Lipinski definition) is 5. The number of ether oxygens (including phenoxy) is 1. The Hall–Kier alpha value is -3.35. The quantitative estimate of drug-likeness (QED) is 0.833. The lowest BCUT2D eigenvalue weighted by Crippen LogP contribution is -2.28. The van der Waals surface area contributed by atoms with Crippen LogP contribution in [0.15, 0.2) is 48.5 Å². The fourth-order valence-corrected chi connectivity index (χ4v) is 2.96. The van der Waals surface area contributed by atoms with Crippen LogP contribution >= 0.6 is 0 Å². The summed E-state index contributed by atoms with van der Waals surface area (Å²) in [4.78, 5) is 37.1. The molecular formula is C20H19N2O5-. The summed E-state index contributed by atoms with van der Waals surface area (Å²) < 4.78 is 5.39. The van der Waals surface area contributed by atoms with E-state index in [-0.39, 0.29) is 30.3 Å². The van der Waals surface area contributed by atoms with E-state index in [2.05, 4.69) is 5.32 Å². The fourth-order valence-electron chi connectivity index (χ4n) is 2.96. The van der Waals surface area contributed by atoms with Crippen LogP contribution in [-0.2, 0) is 9.59 Å². The number of benzene rings is 2. The van der Waals surface area contributed by atoms with E-state index >= 15 is 0 Å². The molecule has 0 aromatic heterocycles. The number of amides is 2. The molecule has 2 aromatic carbocycles. The Bertz CT molecular complexity index is 846. The minimum atomic E-state index is -1.28. The molecule has 0 unspecified atom stereocenters. The van der Waals surface area contributed by atoms with Gasteiger partial charge in [0.25, 0.3) is 0 Å². The van der Waals surface area contributed by atoms with Gasteiger partial charge in [0, 0.05) is 24.3 Å².